The minimum Gasteiger partial charge on any atom is -0.492 e. The van der Waals surface area contributed by atoms with Gasteiger partial charge in [0.15, 0.2) is 0 Å². The normalized spacial score (nSPS) is 12.1. The molecule has 3 aromatic carbocycles. The predicted octanol–water partition coefficient (Wildman–Crippen LogP) is 6.92. The van der Waals surface area contributed by atoms with Gasteiger partial charge in [-0.2, -0.15) is 5.10 Å². The maximum Gasteiger partial charge on any atom is 0.355 e. The van der Waals surface area contributed by atoms with E-state index in [2.05, 4.69) is 22.2 Å². The highest BCUT2D eigenvalue weighted by atomic mass is 35.5. The lowest BCUT2D eigenvalue weighted by Gasteiger charge is -2.12. The molecule has 206 valence electrons. The van der Waals surface area contributed by atoms with Crippen LogP contribution in [0.1, 0.15) is 60.2 Å². The van der Waals surface area contributed by atoms with Gasteiger partial charge < -0.3 is 19.6 Å². The van der Waals surface area contributed by atoms with Gasteiger partial charge in [-0.25, -0.2) is 4.79 Å². The lowest BCUT2D eigenvalue weighted by Crippen LogP contribution is -2.09. The first-order valence-electron chi connectivity index (χ1n) is 13.5. The lowest BCUT2D eigenvalue weighted by atomic mass is 9.96. The van der Waals surface area contributed by atoms with E-state index in [0.29, 0.717) is 53.4 Å². The van der Waals surface area contributed by atoms with Gasteiger partial charge in [-0.05, 0) is 68.3 Å². The summed E-state index contributed by atoms with van der Waals surface area (Å²) >= 11 is 6.80. The van der Waals surface area contributed by atoms with Crippen LogP contribution in [-0.4, -0.2) is 39.1 Å². The molecule has 7 nitrogen and oxygen atoms in total. The number of aliphatic hydroxyl groups excluding tert-OH is 1. The average molecular weight is 558 g/mol. The minimum absolute atomic E-state index is 0.257. The van der Waals surface area contributed by atoms with E-state index in [1.807, 2.05) is 63.4 Å². The molecule has 0 saturated heterocycles. The number of nitrogens with one attached hydrogen (secondary N) is 1. The predicted molar refractivity (Wildman–Crippen MR) is 157 cm³/mol. The number of fused-ring (bicyclic) bond motifs is 2. The van der Waals surface area contributed by atoms with Gasteiger partial charge in [-0.3, -0.25) is 4.68 Å². The molecular formula is C32H32ClN3O4. The number of carbonyl (C=O) groups is 1. The number of H-pyrrole nitrogens is 1. The lowest BCUT2D eigenvalue weighted by molar-refractivity contribution is 0.0519. The fraction of sp³-hybridized carbons (Fsp3) is 0.312. The fourth-order valence-corrected chi connectivity index (χ4v) is 5.41. The second kappa shape index (κ2) is 11.6. The van der Waals surface area contributed by atoms with Crippen LogP contribution in [0.4, 0.5) is 0 Å². The Kier molecular flexibility index (Phi) is 8.02. The van der Waals surface area contributed by atoms with Crippen molar-refractivity contribution in [2.75, 3.05) is 13.2 Å². The first-order valence-corrected chi connectivity index (χ1v) is 13.9. The summed E-state index contributed by atoms with van der Waals surface area (Å²) in [6, 6.07) is 19.6. The van der Waals surface area contributed by atoms with E-state index in [-0.39, 0.29) is 6.61 Å². The van der Waals surface area contributed by atoms with E-state index < -0.39 is 12.1 Å². The third-order valence-electron chi connectivity index (χ3n) is 7.25. The van der Waals surface area contributed by atoms with Crippen molar-refractivity contribution in [2.24, 2.45) is 7.05 Å². The molecule has 1 atom stereocenters. The van der Waals surface area contributed by atoms with E-state index in [1.54, 1.807) is 11.6 Å². The molecule has 0 bridgehead atoms. The number of nitrogens with zero attached hydrogens (tertiary/aromatic N) is 2. The highest BCUT2D eigenvalue weighted by molar-refractivity contribution is 6.35. The third-order valence-corrected chi connectivity index (χ3v) is 7.57. The van der Waals surface area contributed by atoms with Crippen molar-refractivity contribution in [1.82, 2.24) is 14.8 Å². The monoisotopic (exact) mass is 557 g/mol. The van der Waals surface area contributed by atoms with Gasteiger partial charge in [0.25, 0.3) is 0 Å². The molecule has 0 spiro atoms. The molecule has 0 aliphatic rings. The molecule has 1 unspecified atom stereocenters. The number of aromatic amines is 1. The molecule has 2 heterocycles. The summed E-state index contributed by atoms with van der Waals surface area (Å²) in [6.45, 7) is 6.34. The van der Waals surface area contributed by atoms with Crippen molar-refractivity contribution in [1.29, 1.82) is 0 Å². The van der Waals surface area contributed by atoms with Gasteiger partial charge in [0.1, 0.15) is 11.4 Å². The summed E-state index contributed by atoms with van der Waals surface area (Å²) in [5, 5.41) is 18.7. The first kappa shape index (κ1) is 27.6. The number of carbonyl (C=O) groups excluding carboxylic acids is 1. The molecule has 0 saturated carbocycles. The molecule has 2 aromatic heterocycles. The molecule has 0 radical (unpaired) electrons. The number of hydrogen-bond acceptors (Lipinski definition) is 5. The SMILES string of the molecule is CCOC(=O)c1[nH]c2c(-c3c(C(O)CC)nn(C)c3C)c(Cl)ccc2c1CCCOc1cccc2ccc#cc12. The average Bonchev–Trinajstić information content (AvgIpc) is 3.47. The van der Waals surface area contributed by atoms with E-state index >= 15 is 0 Å². The largest absolute Gasteiger partial charge is 0.492 e. The van der Waals surface area contributed by atoms with E-state index in [0.717, 1.165) is 38.7 Å². The van der Waals surface area contributed by atoms with Crippen molar-refractivity contribution in [2.45, 2.75) is 46.1 Å². The van der Waals surface area contributed by atoms with Crippen LogP contribution in [0.5, 0.6) is 5.75 Å². The summed E-state index contributed by atoms with van der Waals surface area (Å²) in [5.41, 5.74) is 4.85. The van der Waals surface area contributed by atoms with Crippen LogP contribution in [0.2, 0.25) is 5.02 Å². The Labute approximate surface area is 238 Å². The van der Waals surface area contributed by atoms with Crippen LogP contribution in [-0.2, 0) is 18.2 Å². The molecule has 40 heavy (non-hydrogen) atoms. The number of rotatable bonds is 10. The molecule has 0 aliphatic carbocycles. The van der Waals surface area contributed by atoms with Crippen LogP contribution in [0.25, 0.3) is 32.8 Å². The standard InChI is InChI=1S/C32H32ClN3O4/c1-5-25(37)31-27(19(3)36(4)35-31)28-24(33)17-16-23-22(30(34-29(23)28)32(38)39-6-2)14-10-18-40-26-15-9-12-20-11-7-8-13-21(20)26/h7,9,11-12,15-17,25,34,37H,5-6,10,14,18H2,1-4H3. The zero-order valence-corrected chi connectivity index (χ0v) is 23.9. The third kappa shape index (κ3) is 5.01. The molecule has 0 aliphatic heterocycles. The quantitative estimate of drug-likeness (QED) is 0.144. The Morgan fingerprint density at radius 3 is 2.80 bits per heavy atom. The zero-order valence-electron chi connectivity index (χ0n) is 23.1. The van der Waals surface area contributed by atoms with Gasteiger partial charge in [-0.1, -0.05) is 48.9 Å². The smallest absolute Gasteiger partial charge is 0.355 e. The number of benzene rings is 2. The molecular weight excluding hydrogens is 526 g/mol. The van der Waals surface area contributed by atoms with Crippen molar-refractivity contribution in [3.05, 3.63) is 82.3 Å². The van der Waals surface area contributed by atoms with Crippen molar-refractivity contribution in [3.63, 3.8) is 0 Å². The Bertz CT molecular complexity index is 1680. The summed E-state index contributed by atoms with van der Waals surface area (Å²) in [5.74, 6) is 0.328. The summed E-state index contributed by atoms with van der Waals surface area (Å²) in [7, 11) is 1.84. The molecule has 0 amide bonds. The van der Waals surface area contributed by atoms with Crippen LogP contribution < -0.4 is 4.74 Å². The van der Waals surface area contributed by atoms with E-state index in [9.17, 15) is 9.90 Å². The Morgan fingerprint density at radius 1 is 1.20 bits per heavy atom. The Morgan fingerprint density at radius 2 is 2.02 bits per heavy atom. The Balaban J connectivity index is 1.53. The molecule has 5 aromatic rings. The highest BCUT2D eigenvalue weighted by Gasteiger charge is 2.27. The van der Waals surface area contributed by atoms with Gasteiger partial charge >= 0.3 is 5.97 Å². The first-order chi connectivity index (χ1) is 19.3. The molecule has 8 heteroatoms. The van der Waals surface area contributed by atoms with E-state index in [1.165, 1.54) is 0 Å². The van der Waals surface area contributed by atoms with Crippen LogP contribution in [0.15, 0.2) is 42.5 Å². The molecule has 5 rings (SSSR count). The van der Waals surface area contributed by atoms with Crippen LogP contribution >= 0.6 is 11.6 Å². The van der Waals surface area contributed by atoms with Crippen LogP contribution in [0, 0.1) is 19.1 Å². The second-order valence-electron chi connectivity index (χ2n) is 9.71. The van der Waals surface area contributed by atoms with Gasteiger partial charge in [-0.15, -0.1) is 0 Å². The minimum atomic E-state index is -0.749. The number of ether oxygens (including phenoxy) is 2. The number of aryl methyl sites for hydroxylation is 2. The maximum absolute atomic E-state index is 13.1. The highest BCUT2D eigenvalue weighted by Crippen LogP contribution is 2.42. The topological polar surface area (TPSA) is 89.4 Å². The number of aromatic nitrogens is 3. The van der Waals surface area contributed by atoms with Crippen molar-refractivity contribution >= 4 is 39.2 Å². The number of esters is 1. The van der Waals surface area contributed by atoms with E-state index in [4.69, 9.17) is 21.1 Å². The molecule has 0 fully saturated rings. The molecule has 2 N–H and O–H groups in total. The van der Waals surface area contributed by atoms with Gasteiger partial charge in [0.2, 0.25) is 0 Å². The van der Waals surface area contributed by atoms with Crippen molar-refractivity contribution < 1.29 is 19.4 Å². The van der Waals surface area contributed by atoms with Gasteiger partial charge in [0.05, 0.1) is 40.9 Å². The van der Waals surface area contributed by atoms with Crippen LogP contribution in [0.3, 0.4) is 0 Å². The summed E-state index contributed by atoms with van der Waals surface area (Å²) in [4.78, 5) is 16.4. The number of halogens is 1. The number of hydrogen-bond donors (Lipinski definition) is 2. The summed E-state index contributed by atoms with van der Waals surface area (Å²) < 4.78 is 13.3. The number of aliphatic hydroxyl groups is 1. The van der Waals surface area contributed by atoms with Crippen molar-refractivity contribution in [3.8, 4) is 16.9 Å². The Hall–Kier alpha value is -3.99. The second-order valence-corrected chi connectivity index (χ2v) is 10.1. The van der Waals surface area contributed by atoms with Gasteiger partial charge in [0, 0.05) is 29.3 Å². The zero-order chi connectivity index (χ0) is 28.4. The maximum atomic E-state index is 13.1. The fourth-order valence-electron chi connectivity index (χ4n) is 5.16. The summed E-state index contributed by atoms with van der Waals surface area (Å²) in [6.07, 6.45) is 0.997.